The number of hydrogen-bond donors (Lipinski definition) is 0. The Kier molecular flexibility index (Phi) is 3.29. The lowest BCUT2D eigenvalue weighted by Crippen LogP contribution is -2.30. The van der Waals surface area contributed by atoms with Crippen LogP contribution in [0.2, 0.25) is 5.02 Å². The van der Waals surface area contributed by atoms with E-state index in [4.69, 9.17) is 11.6 Å². The van der Waals surface area contributed by atoms with Gasteiger partial charge in [-0.1, -0.05) is 17.7 Å². The van der Waals surface area contributed by atoms with Gasteiger partial charge in [-0.15, -0.1) is 0 Å². The summed E-state index contributed by atoms with van der Waals surface area (Å²) in [6.07, 6.45) is 3.33. The molecule has 0 amide bonds. The Labute approximate surface area is 99.0 Å². The first-order chi connectivity index (χ1) is 7.70. The lowest BCUT2D eigenvalue weighted by atomic mass is 10.1. The minimum atomic E-state index is -0.365. The summed E-state index contributed by atoms with van der Waals surface area (Å²) in [5.41, 5.74) is 0.684. The molecule has 5 heteroatoms. The van der Waals surface area contributed by atoms with Gasteiger partial charge in [-0.25, -0.2) is 0 Å². The SMILES string of the molecule is O=[N+]([O-])c1cccc(Cl)c1N1CCCCC1. The van der Waals surface area contributed by atoms with Crippen molar-refractivity contribution in [2.75, 3.05) is 18.0 Å². The highest BCUT2D eigenvalue weighted by atomic mass is 35.5. The largest absolute Gasteiger partial charge is 0.365 e. The monoisotopic (exact) mass is 240 g/mol. The van der Waals surface area contributed by atoms with Gasteiger partial charge >= 0.3 is 0 Å². The van der Waals surface area contributed by atoms with Crippen molar-refractivity contribution in [1.29, 1.82) is 0 Å². The fourth-order valence-electron chi connectivity index (χ4n) is 2.08. The van der Waals surface area contributed by atoms with Crippen LogP contribution in [0.5, 0.6) is 0 Å². The van der Waals surface area contributed by atoms with Gasteiger partial charge in [0.2, 0.25) is 0 Å². The van der Waals surface area contributed by atoms with Crippen molar-refractivity contribution in [3.8, 4) is 0 Å². The summed E-state index contributed by atoms with van der Waals surface area (Å²) in [7, 11) is 0. The van der Waals surface area contributed by atoms with Gasteiger partial charge in [-0.3, -0.25) is 10.1 Å². The molecule has 16 heavy (non-hydrogen) atoms. The van der Waals surface area contributed by atoms with Crippen molar-refractivity contribution in [2.24, 2.45) is 0 Å². The predicted octanol–water partition coefficient (Wildman–Crippen LogP) is 3.24. The summed E-state index contributed by atoms with van der Waals surface area (Å²) in [6, 6.07) is 4.84. The number of nitrogens with zero attached hydrogens (tertiary/aromatic N) is 2. The first-order valence-electron chi connectivity index (χ1n) is 5.38. The van der Waals surface area contributed by atoms with Crippen LogP contribution in [0.1, 0.15) is 19.3 Å². The molecule has 2 rings (SSSR count). The number of hydrogen-bond acceptors (Lipinski definition) is 3. The smallest absolute Gasteiger partial charge is 0.294 e. The maximum absolute atomic E-state index is 10.9. The summed E-state index contributed by atoms with van der Waals surface area (Å²) >= 11 is 6.06. The quantitative estimate of drug-likeness (QED) is 0.589. The topological polar surface area (TPSA) is 46.4 Å². The average molecular weight is 241 g/mol. The van der Waals surface area contributed by atoms with E-state index in [1.807, 2.05) is 4.90 Å². The van der Waals surface area contributed by atoms with E-state index < -0.39 is 0 Å². The zero-order valence-electron chi connectivity index (χ0n) is 8.86. The molecule has 1 aliphatic rings. The zero-order chi connectivity index (χ0) is 11.5. The van der Waals surface area contributed by atoms with Gasteiger partial charge in [0.05, 0.1) is 9.95 Å². The Morgan fingerprint density at radius 3 is 2.56 bits per heavy atom. The molecule has 1 aromatic rings. The third kappa shape index (κ3) is 2.11. The highest BCUT2D eigenvalue weighted by molar-refractivity contribution is 6.33. The van der Waals surface area contributed by atoms with Gasteiger partial charge in [-0.05, 0) is 25.3 Å². The summed E-state index contributed by atoms with van der Waals surface area (Å²) in [5.74, 6) is 0. The maximum Gasteiger partial charge on any atom is 0.294 e. The van der Waals surface area contributed by atoms with Crippen molar-refractivity contribution in [1.82, 2.24) is 0 Å². The van der Waals surface area contributed by atoms with Crippen molar-refractivity contribution in [2.45, 2.75) is 19.3 Å². The molecule has 1 aromatic carbocycles. The van der Waals surface area contributed by atoms with Crippen LogP contribution in [0.25, 0.3) is 0 Å². The summed E-state index contributed by atoms with van der Waals surface area (Å²) in [4.78, 5) is 12.6. The Balaban J connectivity index is 2.40. The summed E-state index contributed by atoms with van der Waals surface area (Å²) < 4.78 is 0. The fourth-order valence-corrected chi connectivity index (χ4v) is 2.37. The third-order valence-corrected chi connectivity index (χ3v) is 3.14. The van der Waals surface area contributed by atoms with Crippen LogP contribution in [0.4, 0.5) is 11.4 Å². The van der Waals surface area contributed by atoms with Crippen molar-refractivity contribution in [3.63, 3.8) is 0 Å². The van der Waals surface area contributed by atoms with Crippen molar-refractivity contribution < 1.29 is 4.92 Å². The molecule has 0 radical (unpaired) electrons. The average Bonchev–Trinajstić information content (AvgIpc) is 2.29. The predicted molar refractivity (Wildman–Crippen MR) is 64.2 cm³/mol. The second-order valence-corrected chi connectivity index (χ2v) is 4.32. The Hall–Kier alpha value is -1.29. The second-order valence-electron chi connectivity index (χ2n) is 3.91. The molecule has 4 nitrogen and oxygen atoms in total. The lowest BCUT2D eigenvalue weighted by Gasteiger charge is -2.28. The van der Waals surface area contributed by atoms with E-state index >= 15 is 0 Å². The Bertz CT molecular complexity index is 403. The summed E-state index contributed by atoms with van der Waals surface area (Å²) in [6.45, 7) is 1.70. The molecule has 86 valence electrons. The zero-order valence-corrected chi connectivity index (χ0v) is 9.61. The van der Waals surface area contributed by atoms with Gasteiger partial charge in [0.25, 0.3) is 5.69 Å². The van der Waals surface area contributed by atoms with E-state index in [1.165, 1.54) is 12.5 Å². The molecule has 1 heterocycles. The van der Waals surface area contributed by atoms with E-state index in [0.717, 1.165) is 25.9 Å². The van der Waals surface area contributed by atoms with E-state index in [2.05, 4.69) is 0 Å². The van der Waals surface area contributed by atoms with Gasteiger partial charge < -0.3 is 4.90 Å². The third-order valence-electron chi connectivity index (χ3n) is 2.83. The molecule has 0 saturated carbocycles. The second kappa shape index (κ2) is 4.70. The first-order valence-corrected chi connectivity index (χ1v) is 5.76. The first kappa shape index (κ1) is 11.2. The molecule has 0 atom stereocenters. The van der Waals surface area contributed by atoms with E-state index in [9.17, 15) is 10.1 Å². The van der Waals surface area contributed by atoms with Gasteiger partial charge in [0, 0.05) is 19.2 Å². The standard InChI is InChI=1S/C11H13ClN2O2/c12-9-5-4-6-10(14(15)16)11(9)13-7-2-1-3-8-13/h4-6H,1-3,7-8H2. The van der Waals surface area contributed by atoms with Crippen LogP contribution >= 0.6 is 11.6 Å². The van der Waals surface area contributed by atoms with Crippen LogP contribution < -0.4 is 4.90 Å². The Morgan fingerprint density at radius 2 is 1.94 bits per heavy atom. The number of halogens is 1. The van der Waals surface area contributed by atoms with Crippen LogP contribution in [0.15, 0.2) is 18.2 Å². The number of piperidine rings is 1. The molecule has 0 unspecified atom stereocenters. The lowest BCUT2D eigenvalue weighted by molar-refractivity contribution is -0.384. The number of benzene rings is 1. The molecule has 0 N–H and O–H groups in total. The molecule has 0 bridgehead atoms. The number of para-hydroxylation sites is 1. The number of nitro benzene ring substituents is 1. The van der Waals surface area contributed by atoms with Crippen molar-refractivity contribution in [3.05, 3.63) is 33.3 Å². The molecule has 1 aliphatic heterocycles. The van der Waals surface area contributed by atoms with Crippen LogP contribution in [0, 0.1) is 10.1 Å². The molecule has 0 aromatic heterocycles. The molecule has 1 fully saturated rings. The van der Waals surface area contributed by atoms with Crippen LogP contribution in [-0.4, -0.2) is 18.0 Å². The number of rotatable bonds is 2. The molecule has 0 aliphatic carbocycles. The van der Waals surface area contributed by atoms with E-state index in [1.54, 1.807) is 12.1 Å². The molecular weight excluding hydrogens is 228 g/mol. The highest BCUT2D eigenvalue weighted by Gasteiger charge is 2.23. The highest BCUT2D eigenvalue weighted by Crippen LogP contribution is 2.36. The van der Waals surface area contributed by atoms with Gasteiger partial charge in [-0.2, -0.15) is 0 Å². The minimum Gasteiger partial charge on any atom is -0.365 e. The Morgan fingerprint density at radius 1 is 1.25 bits per heavy atom. The number of nitro groups is 1. The maximum atomic E-state index is 10.9. The van der Waals surface area contributed by atoms with E-state index in [-0.39, 0.29) is 10.6 Å². The summed E-state index contributed by atoms with van der Waals surface area (Å²) in [5, 5.41) is 11.4. The van der Waals surface area contributed by atoms with E-state index in [0.29, 0.717) is 10.7 Å². The molecule has 0 spiro atoms. The molecular formula is C11H13ClN2O2. The van der Waals surface area contributed by atoms with Crippen LogP contribution in [-0.2, 0) is 0 Å². The fraction of sp³-hybridized carbons (Fsp3) is 0.455. The molecule has 1 saturated heterocycles. The van der Waals surface area contributed by atoms with Crippen molar-refractivity contribution >= 4 is 23.0 Å². The minimum absolute atomic E-state index is 0.106. The number of anilines is 1. The van der Waals surface area contributed by atoms with Gasteiger partial charge in [0.15, 0.2) is 0 Å². The normalized spacial score (nSPS) is 16.2. The van der Waals surface area contributed by atoms with Gasteiger partial charge in [0.1, 0.15) is 5.69 Å². The van der Waals surface area contributed by atoms with Crippen LogP contribution in [0.3, 0.4) is 0 Å².